The molecule has 96 valence electrons. The van der Waals surface area contributed by atoms with E-state index in [9.17, 15) is 10.1 Å². The number of likely N-dealkylation sites (N-methyl/N-ethyl adjacent to an activating group) is 1. The van der Waals surface area contributed by atoms with Gasteiger partial charge in [-0.15, -0.1) is 0 Å². The van der Waals surface area contributed by atoms with Crippen molar-refractivity contribution in [1.82, 2.24) is 4.98 Å². The zero-order valence-electron chi connectivity index (χ0n) is 10.5. The van der Waals surface area contributed by atoms with Gasteiger partial charge in [0.1, 0.15) is 12.4 Å². The van der Waals surface area contributed by atoms with Crippen LogP contribution in [0.2, 0.25) is 0 Å². The van der Waals surface area contributed by atoms with Crippen LogP contribution in [0.4, 0.5) is 5.82 Å². The number of rotatable bonds is 4. The van der Waals surface area contributed by atoms with Gasteiger partial charge in [0.2, 0.25) is 0 Å². The molecule has 5 nitrogen and oxygen atoms in total. The monoisotopic (exact) mass is 255 g/mol. The van der Waals surface area contributed by atoms with Crippen molar-refractivity contribution in [2.45, 2.75) is 6.92 Å². The highest BCUT2D eigenvalue weighted by Gasteiger charge is 2.13. The number of aromatic nitrogens is 1. The Balaban J connectivity index is 2.55. The topological polar surface area (TPSA) is 77.2 Å². The van der Waals surface area contributed by atoms with E-state index in [-0.39, 0.29) is 6.54 Å². The molecule has 0 atom stereocenters. The fourth-order valence-electron chi connectivity index (χ4n) is 1.93. The molecule has 0 aliphatic rings. The number of benzene rings is 1. The number of carboxylic acids is 1. The minimum Gasteiger partial charge on any atom is -0.480 e. The zero-order valence-corrected chi connectivity index (χ0v) is 10.5. The molecule has 1 heterocycles. The molecule has 0 bridgehead atoms. The minimum absolute atomic E-state index is 0.132. The molecule has 0 unspecified atom stereocenters. The molecule has 0 aliphatic heterocycles. The van der Waals surface area contributed by atoms with Crippen LogP contribution in [0.1, 0.15) is 12.5 Å². The van der Waals surface area contributed by atoms with Gasteiger partial charge in [-0.05, 0) is 19.1 Å². The summed E-state index contributed by atoms with van der Waals surface area (Å²) in [5, 5.41) is 18.8. The fraction of sp³-hybridized carbons (Fsp3) is 0.214. The van der Waals surface area contributed by atoms with E-state index < -0.39 is 5.97 Å². The lowest BCUT2D eigenvalue weighted by Gasteiger charge is -2.20. The van der Waals surface area contributed by atoms with Crippen molar-refractivity contribution >= 4 is 22.7 Å². The molecule has 0 amide bonds. The predicted molar refractivity (Wildman–Crippen MR) is 72.0 cm³/mol. The Kier molecular flexibility index (Phi) is 3.62. The van der Waals surface area contributed by atoms with Gasteiger partial charge in [0.15, 0.2) is 0 Å². The summed E-state index contributed by atoms with van der Waals surface area (Å²) in [6.07, 6.45) is 0. The number of pyridine rings is 1. The number of hydrogen-bond acceptors (Lipinski definition) is 4. The van der Waals surface area contributed by atoms with Gasteiger partial charge >= 0.3 is 5.97 Å². The minimum atomic E-state index is -0.921. The maximum Gasteiger partial charge on any atom is 0.323 e. The third-order valence-electron chi connectivity index (χ3n) is 2.85. The van der Waals surface area contributed by atoms with Gasteiger partial charge in [-0.2, -0.15) is 5.26 Å². The number of aliphatic carboxylic acids is 1. The SMILES string of the molecule is CCN(CC(=O)O)c1cc(C#N)c2ccccc2n1. The summed E-state index contributed by atoms with van der Waals surface area (Å²) in [4.78, 5) is 16.9. The molecule has 2 rings (SSSR count). The number of fused-ring (bicyclic) bond motifs is 1. The molecule has 1 N–H and O–H groups in total. The van der Waals surface area contributed by atoms with Crippen molar-refractivity contribution in [2.24, 2.45) is 0 Å². The molecule has 0 radical (unpaired) electrons. The van der Waals surface area contributed by atoms with Crippen molar-refractivity contribution < 1.29 is 9.90 Å². The van der Waals surface area contributed by atoms with Crippen molar-refractivity contribution in [1.29, 1.82) is 5.26 Å². The molecular formula is C14H13N3O2. The van der Waals surface area contributed by atoms with Crippen LogP contribution < -0.4 is 4.90 Å². The van der Waals surface area contributed by atoms with Crippen LogP contribution in [0.5, 0.6) is 0 Å². The van der Waals surface area contributed by atoms with Gasteiger partial charge in [0, 0.05) is 11.9 Å². The van der Waals surface area contributed by atoms with Crippen molar-refractivity contribution in [3.05, 3.63) is 35.9 Å². The zero-order chi connectivity index (χ0) is 13.8. The number of carboxylic acid groups (broad SMARTS) is 1. The van der Waals surface area contributed by atoms with E-state index in [2.05, 4.69) is 11.1 Å². The van der Waals surface area contributed by atoms with Crippen LogP contribution in [0.15, 0.2) is 30.3 Å². The molecule has 2 aromatic rings. The Hall–Kier alpha value is -2.61. The van der Waals surface area contributed by atoms with Crippen LogP contribution in [0.25, 0.3) is 10.9 Å². The summed E-state index contributed by atoms with van der Waals surface area (Å²) in [7, 11) is 0. The third kappa shape index (κ3) is 2.63. The van der Waals surface area contributed by atoms with Crippen molar-refractivity contribution in [2.75, 3.05) is 18.0 Å². The van der Waals surface area contributed by atoms with Gasteiger partial charge in [0.25, 0.3) is 0 Å². The van der Waals surface area contributed by atoms with Crippen LogP contribution in [-0.4, -0.2) is 29.1 Å². The van der Waals surface area contributed by atoms with Crippen molar-refractivity contribution in [3.63, 3.8) is 0 Å². The van der Waals surface area contributed by atoms with E-state index >= 15 is 0 Å². The van der Waals surface area contributed by atoms with E-state index in [4.69, 9.17) is 5.11 Å². The Morgan fingerprint density at radius 2 is 2.21 bits per heavy atom. The number of nitriles is 1. The first-order chi connectivity index (χ1) is 9.15. The van der Waals surface area contributed by atoms with E-state index in [1.165, 1.54) is 0 Å². The largest absolute Gasteiger partial charge is 0.480 e. The highest BCUT2D eigenvalue weighted by atomic mass is 16.4. The standard InChI is InChI=1S/C14H13N3O2/c1-2-17(9-14(18)19)13-7-10(8-15)11-5-3-4-6-12(11)16-13/h3-7H,2,9H2,1H3,(H,18,19). The first kappa shape index (κ1) is 12.8. The molecule has 0 saturated carbocycles. The highest BCUT2D eigenvalue weighted by molar-refractivity contribution is 5.87. The smallest absolute Gasteiger partial charge is 0.323 e. The lowest BCUT2D eigenvalue weighted by molar-refractivity contribution is -0.135. The fourth-order valence-corrected chi connectivity index (χ4v) is 1.93. The first-order valence-electron chi connectivity index (χ1n) is 5.92. The molecule has 0 saturated heterocycles. The number of carbonyl (C=O) groups is 1. The first-order valence-corrected chi connectivity index (χ1v) is 5.92. The van der Waals surface area contributed by atoms with Gasteiger partial charge in [-0.25, -0.2) is 4.98 Å². The Morgan fingerprint density at radius 1 is 1.47 bits per heavy atom. The average molecular weight is 255 g/mol. The second-order valence-electron chi connectivity index (χ2n) is 4.06. The van der Waals surface area contributed by atoms with Crippen LogP contribution in [0, 0.1) is 11.3 Å². The van der Waals surface area contributed by atoms with E-state index in [1.807, 2.05) is 31.2 Å². The summed E-state index contributed by atoms with van der Waals surface area (Å²) in [6, 6.07) is 11.1. The van der Waals surface area contributed by atoms with Crippen LogP contribution >= 0.6 is 0 Å². The van der Waals surface area contributed by atoms with Crippen LogP contribution in [-0.2, 0) is 4.79 Å². The van der Waals surface area contributed by atoms with Gasteiger partial charge in [-0.1, -0.05) is 18.2 Å². The summed E-state index contributed by atoms with van der Waals surface area (Å²) >= 11 is 0. The summed E-state index contributed by atoms with van der Waals surface area (Å²) in [6.45, 7) is 2.24. The second-order valence-corrected chi connectivity index (χ2v) is 4.06. The van der Waals surface area contributed by atoms with Gasteiger partial charge in [-0.3, -0.25) is 4.79 Å². The molecule has 0 spiro atoms. The number of hydrogen-bond donors (Lipinski definition) is 1. The number of para-hydroxylation sites is 1. The second kappa shape index (κ2) is 5.36. The number of anilines is 1. The summed E-state index contributed by atoms with van der Waals surface area (Å²) < 4.78 is 0. The molecule has 19 heavy (non-hydrogen) atoms. The Morgan fingerprint density at radius 3 is 2.84 bits per heavy atom. The Labute approximate surface area is 110 Å². The van der Waals surface area contributed by atoms with Gasteiger partial charge in [0.05, 0.1) is 17.1 Å². The maximum atomic E-state index is 10.8. The van der Waals surface area contributed by atoms with Crippen LogP contribution in [0.3, 0.4) is 0 Å². The lowest BCUT2D eigenvalue weighted by atomic mass is 10.1. The van der Waals surface area contributed by atoms with Gasteiger partial charge < -0.3 is 10.0 Å². The average Bonchev–Trinajstić information content (AvgIpc) is 2.43. The van der Waals surface area contributed by atoms with E-state index in [0.717, 1.165) is 5.39 Å². The predicted octanol–water partition coefficient (Wildman–Crippen LogP) is 2.02. The molecule has 1 aromatic carbocycles. The number of nitrogens with zero attached hydrogens (tertiary/aromatic N) is 3. The third-order valence-corrected chi connectivity index (χ3v) is 2.85. The Bertz CT molecular complexity index is 661. The molecule has 1 aromatic heterocycles. The molecule has 0 aliphatic carbocycles. The quantitative estimate of drug-likeness (QED) is 0.904. The maximum absolute atomic E-state index is 10.8. The van der Waals surface area contributed by atoms with E-state index in [1.54, 1.807) is 11.0 Å². The van der Waals surface area contributed by atoms with E-state index in [0.29, 0.717) is 23.4 Å². The molecular weight excluding hydrogens is 242 g/mol. The summed E-state index contributed by atoms with van der Waals surface area (Å²) in [5.74, 6) is -0.407. The summed E-state index contributed by atoms with van der Waals surface area (Å²) in [5.41, 5.74) is 1.20. The van der Waals surface area contributed by atoms with Crippen molar-refractivity contribution in [3.8, 4) is 6.07 Å². The molecule has 0 fully saturated rings. The molecule has 5 heteroatoms. The highest BCUT2D eigenvalue weighted by Crippen LogP contribution is 2.22. The lowest BCUT2D eigenvalue weighted by Crippen LogP contribution is -2.30. The normalized spacial score (nSPS) is 10.1.